The number of ether oxygens (including phenoxy) is 3. The lowest BCUT2D eigenvalue weighted by Crippen LogP contribution is -2.58. The Morgan fingerprint density at radius 2 is 1.70 bits per heavy atom. The summed E-state index contributed by atoms with van der Waals surface area (Å²) >= 11 is 0. The second kappa shape index (κ2) is 8.93. The molecule has 0 aliphatic carbocycles. The smallest absolute Gasteiger partial charge is 0.468 e. The maximum atomic E-state index is 13.4. The molecule has 0 fully saturated rings. The molecule has 0 aromatic heterocycles. The van der Waals surface area contributed by atoms with E-state index < -0.39 is 64.8 Å². The molecule has 0 saturated heterocycles. The first-order chi connectivity index (χ1) is 12.0. The van der Waals surface area contributed by atoms with Gasteiger partial charge in [-0.25, -0.2) is 18.0 Å². The van der Waals surface area contributed by atoms with Crippen molar-refractivity contribution in [3.8, 4) is 0 Å². The fourth-order valence-corrected chi connectivity index (χ4v) is 1.68. The van der Waals surface area contributed by atoms with Crippen molar-refractivity contribution in [2.24, 2.45) is 5.92 Å². The molecule has 0 aromatic carbocycles. The summed E-state index contributed by atoms with van der Waals surface area (Å²) in [4.78, 5) is 23.1. The summed E-state index contributed by atoms with van der Waals surface area (Å²) < 4.78 is 110. The molecule has 0 saturated carbocycles. The normalized spacial score (nSPS) is 15.1. The van der Waals surface area contributed by atoms with Crippen molar-refractivity contribution >= 4 is 22.1 Å². The van der Waals surface area contributed by atoms with Crippen molar-refractivity contribution in [3.63, 3.8) is 0 Å². The molecule has 8 nitrogen and oxygen atoms in total. The second-order valence-electron chi connectivity index (χ2n) is 5.42. The molecule has 0 spiro atoms. The number of carbonyl (C=O) groups is 2. The van der Waals surface area contributed by atoms with Gasteiger partial charge in [0, 0.05) is 12.5 Å². The van der Waals surface area contributed by atoms with E-state index in [1.807, 2.05) is 0 Å². The van der Waals surface area contributed by atoms with E-state index in [2.05, 4.69) is 20.8 Å². The zero-order chi connectivity index (χ0) is 21.7. The van der Waals surface area contributed by atoms with Gasteiger partial charge in [-0.1, -0.05) is 20.4 Å². The molecule has 0 aliphatic heterocycles. The molecular weight excluding hydrogens is 411 g/mol. The van der Waals surface area contributed by atoms with Crippen LogP contribution >= 0.6 is 0 Å². The predicted octanol–water partition coefficient (Wildman–Crippen LogP) is 1.72. The van der Waals surface area contributed by atoms with E-state index in [0.717, 1.165) is 0 Å². The molecule has 1 atom stereocenters. The molecule has 0 rings (SSSR count). The molecule has 27 heavy (non-hydrogen) atoms. The summed E-state index contributed by atoms with van der Waals surface area (Å²) in [7, 11) is -6.21. The van der Waals surface area contributed by atoms with E-state index in [1.54, 1.807) is 0 Å². The average molecular weight is 427 g/mol. The van der Waals surface area contributed by atoms with Crippen molar-refractivity contribution in [1.29, 1.82) is 0 Å². The Balaban J connectivity index is 5.76. The fraction of sp³-hybridized carbons (Fsp3) is 0.692. The van der Waals surface area contributed by atoms with Crippen LogP contribution in [0.25, 0.3) is 0 Å². The van der Waals surface area contributed by atoms with Crippen LogP contribution in [0.2, 0.25) is 0 Å². The summed E-state index contributed by atoms with van der Waals surface area (Å²) in [6, 6.07) is 0. The lowest BCUT2D eigenvalue weighted by Gasteiger charge is -2.32. The van der Waals surface area contributed by atoms with Crippen molar-refractivity contribution in [2.75, 3.05) is 13.2 Å². The van der Waals surface area contributed by atoms with Gasteiger partial charge >= 0.3 is 29.2 Å². The van der Waals surface area contributed by atoms with Gasteiger partial charge in [0.05, 0.1) is 13.2 Å². The minimum atomic E-state index is -6.21. The van der Waals surface area contributed by atoms with Gasteiger partial charge in [0.1, 0.15) is 0 Å². The van der Waals surface area contributed by atoms with Gasteiger partial charge in [0.2, 0.25) is 0 Å². The quantitative estimate of drug-likeness (QED) is 0.170. The number of esters is 2. The van der Waals surface area contributed by atoms with E-state index in [9.17, 15) is 44.5 Å². The molecule has 0 amide bonds. The molecule has 0 aromatic rings. The Labute approximate surface area is 151 Å². The Morgan fingerprint density at radius 1 is 1.19 bits per heavy atom. The first kappa shape index (κ1) is 25.2. The van der Waals surface area contributed by atoms with Gasteiger partial charge in [-0.3, -0.25) is 0 Å². The van der Waals surface area contributed by atoms with Gasteiger partial charge < -0.3 is 18.8 Å². The number of carbonyl (C=O) groups excluding carboxylic acids is 2. The number of rotatable bonds is 10. The molecule has 0 N–H and O–H groups in total. The van der Waals surface area contributed by atoms with E-state index in [1.165, 1.54) is 13.8 Å². The van der Waals surface area contributed by atoms with Gasteiger partial charge in [-0.05, 0) is 5.92 Å². The third-order valence-electron chi connectivity index (χ3n) is 2.66. The highest BCUT2D eigenvalue weighted by Gasteiger charge is 2.67. The van der Waals surface area contributed by atoms with E-state index in [4.69, 9.17) is 0 Å². The third-order valence-corrected chi connectivity index (χ3v) is 3.60. The summed E-state index contributed by atoms with van der Waals surface area (Å²) in [5, 5.41) is -4.99. The van der Waals surface area contributed by atoms with Crippen LogP contribution in [-0.4, -0.2) is 55.3 Å². The summed E-state index contributed by atoms with van der Waals surface area (Å²) in [5.41, 5.74) is 0. The standard InChI is InChI=1S/C13H17F5O8S/c1-4-9(19)26-12(13(16,17)18,10(20)24-7-8(2)3)25-6-5-11(14,15)27(21,22)23/h4,8H,1,5-7H2,2-3H3,(H,21,22,23)/p-1. The van der Waals surface area contributed by atoms with Crippen molar-refractivity contribution in [2.45, 2.75) is 37.5 Å². The highest BCUT2D eigenvalue weighted by atomic mass is 32.2. The van der Waals surface area contributed by atoms with Crippen LogP contribution in [0.1, 0.15) is 20.3 Å². The molecule has 158 valence electrons. The van der Waals surface area contributed by atoms with Gasteiger partial charge in [-0.2, -0.15) is 22.0 Å². The lowest BCUT2D eigenvalue weighted by molar-refractivity contribution is -0.355. The predicted molar refractivity (Wildman–Crippen MR) is 76.1 cm³/mol. The average Bonchev–Trinajstić information content (AvgIpc) is 2.48. The van der Waals surface area contributed by atoms with E-state index in [0.29, 0.717) is 0 Å². The van der Waals surface area contributed by atoms with Crippen LogP contribution in [-0.2, 0) is 33.9 Å². The molecule has 14 heteroatoms. The maximum absolute atomic E-state index is 13.4. The molecule has 0 radical (unpaired) electrons. The minimum Gasteiger partial charge on any atom is -0.743 e. The Morgan fingerprint density at radius 3 is 2.07 bits per heavy atom. The largest absolute Gasteiger partial charge is 0.743 e. The van der Waals surface area contributed by atoms with Gasteiger partial charge in [-0.15, -0.1) is 0 Å². The van der Waals surface area contributed by atoms with Gasteiger partial charge in [0.15, 0.2) is 10.1 Å². The molecule has 0 bridgehead atoms. The monoisotopic (exact) mass is 427 g/mol. The van der Waals surface area contributed by atoms with Crippen molar-refractivity contribution < 1.29 is 58.7 Å². The van der Waals surface area contributed by atoms with Crippen LogP contribution in [0.5, 0.6) is 0 Å². The molecular formula is C13H16F5O8S-. The van der Waals surface area contributed by atoms with E-state index >= 15 is 0 Å². The first-order valence-electron chi connectivity index (χ1n) is 7.06. The highest BCUT2D eigenvalue weighted by molar-refractivity contribution is 7.86. The van der Waals surface area contributed by atoms with Crippen LogP contribution in [0.3, 0.4) is 0 Å². The van der Waals surface area contributed by atoms with Crippen LogP contribution < -0.4 is 0 Å². The fourth-order valence-electron chi connectivity index (χ4n) is 1.34. The minimum absolute atomic E-state index is 0.232. The molecule has 1 unspecified atom stereocenters. The second-order valence-corrected chi connectivity index (χ2v) is 6.93. The zero-order valence-corrected chi connectivity index (χ0v) is 14.9. The van der Waals surface area contributed by atoms with Crippen LogP contribution in [0.4, 0.5) is 22.0 Å². The lowest BCUT2D eigenvalue weighted by atomic mass is 10.2. The number of hydrogen-bond acceptors (Lipinski definition) is 8. The van der Waals surface area contributed by atoms with E-state index in [-0.39, 0.29) is 6.08 Å². The molecule has 0 aliphatic rings. The summed E-state index contributed by atoms with van der Waals surface area (Å²) in [6.45, 7) is 3.37. The Kier molecular flexibility index (Phi) is 8.33. The number of halogens is 5. The van der Waals surface area contributed by atoms with Crippen molar-refractivity contribution in [3.05, 3.63) is 12.7 Å². The number of alkyl halides is 5. The van der Waals surface area contributed by atoms with Crippen LogP contribution in [0, 0.1) is 5.92 Å². The Bertz CT molecular complexity index is 658. The SMILES string of the molecule is C=CC(=O)OC(OCCC(F)(F)S(=O)(=O)[O-])(C(=O)OCC(C)C)C(F)(F)F. The topological polar surface area (TPSA) is 119 Å². The maximum Gasteiger partial charge on any atom is 0.468 e. The zero-order valence-electron chi connectivity index (χ0n) is 14.0. The van der Waals surface area contributed by atoms with Crippen molar-refractivity contribution in [1.82, 2.24) is 0 Å². The number of hydrogen-bond donors (Lipinski definition) is 0. The van der Waals surface area contributed by atoms with Gasteiger partial charge in [0.25, 0.3) is 0 Å². The summed E-state index contributed by atoms with van der Waals surface area (Å²) in [6.07, 6.45) is -7.61. The molecule has 0 heterocycles. The third kappa shape index (κ3) is 6.70. The first-order valence-corrected chi connectivity index (χ1v) is 8.47. The van der Waals surface area contributed by atoms with Crippen LogP contribution in [0.15, 0.2) is 12.7 Å². The highest BCUT2D eigenvalue weighted by Crippen LogP contribution is 2.37. The Hall–Kier alpha value is -1.80. The summed E-state index contributed by atoms with van der Waals surface area (Å²) in [5.74, 6) is -9.01.